The van der Waals surface area contributed by atoms with Crippen LogP contribution < -0.4 is 5.32 Å². The lowest BCUT2D eigenvalue weighted by molar-refractivity contribution is -0.156. The molecule has 1 rings (SSSR count). The summed E-state index contributed by atoms with van der Waals surface area (Å²) in [5, 5.41) is 2.33. The SMILES string of the molecule is COC(C)C(=O)OCC(CC(=O)Nc1ccccc1S(=O)(=O)O)C(C)=O.F. The molecule has 11 heteroatoms. The fourth-order valence-corrected chi connectivity index (χ4v) is 2.58. The van der Waals surface area contributed by atoms with Crippen LogP contribution in [0.4, 0.5) is 10.4 Å². The highest BCUT2D eigenvalue weighted by atomic mass is 32.2. The Labute approximate surface area is 156 Å². The van der Waals surface area contributed by atoms with Crippen LogP contribution in [0.3, 0.4) is 0 Å². The Kier molecular flexibility index (Phi) is 9.76. The Morgan fingerprint density at radius 1 is 1.22 bits per heavy atom. The van der Waals surface area contributed by atoms with Crippen molar-refractivity contribution in [3.8, 4) is 0 Å². The van der Waals surface area contributed by atoms with Gasteiger partial charge in [-0.25, -0.2) is 4.79 Å². The first-order valence-corrected chi connectivity index (χ1v) is 9.06. The Hall–Kier alpha value is -2.37. The van der Waals surface area contributed by atoms with Crippen LogP contribution >= 0.6 is 0 Å². The van der Waals surface area contributed by atoms with Crippen LogP contribution in [-0.2, 0) is 34.0 Å². The number of nitrogens with one attached hydrogen (secondary N) is 1. The number of benzene rings is 1. The third-order valence-electron chi connectivity index (χ3n) is 3.56. The smallest absolute Gasteiger partial charge is 0.334 e. The van der Waals surface area contributed by atoms with Crippen LogP contribution in [0.15, 0.2) is 29.2 Å². The van der Waals surface area contributed by atoms with Gasteiger partial charge in [0.1, 0.15) is 17.3 Å². The average molecular weight is 407 g/mol. The van der Waals surface area contributed by atoms with Gasteiger partial charge in [0.05, 0.1) is 11.6 Å². The molecule has 0 aliphatic carbocycles. The number of hydrogen-bond donors (Lipinski definition) is 2. The summed E-state index contributed by atoms with van der Waals surface area (Å²) in [5.41, 5.74) is -0.118. The molecule has 0 radical (unpaired) electrons. The molecule has 0 saturated carbocycles. The molecule has 2 unspecified atom stereocenters. The predicted octanol–water partition coefficient (Wildman–Crippen LogP) is 1.20. The number of anilines is 1. The number of para-hydroxylation sites is 1. The van der Waals surface area contributed by atoms with Gasteiger partial charge in [-0.05, 0) is 26.0 Å². The number of esters is 1. The van der Waals surface area contributed by atoms with Crippen LogP contribution in [0, 0.1) is 5.92 Å². The Balaban J connectivity index is 0.00000676. The second kappa shape index (κ2) is 10.7. The van der Waals surface area contributed by atoms with E-state index in [1.807, 2.05) is 0 Å². The minimum atomic E-state index is -4.52. The van der Waals surface area contributed by atoms with E-state index in [4.69, 9.17) is 9.47 Å². The van der Waals surface area contributed by atoms with Crippen molar-refractivity contribution in [2.45, 2.75) is 31.3 Å². The summed E-state index contributed by atoms with van der Waals surface area (Å²) in [7, 11) is -3.19. The van der Waals surface area contributed by atoms with Crippen molar-refractivity contribution in [1.29, 1.82) is 0 Å². The predicted molar refractivity (Wildman–Crippen MR) is 93.6 cm³/mol. The van der Waals surface area contributed by atoms with Crippen LogP contribution in [-0.4, -0.2) is 50.5 Å². The molecule has 1 aromatic rings. The van der Waals surface area contributed by atoms with E-state index in [1.165, 1.54) is 39.2 Å². The Morgan fingerprint density at radius 2 is 1.81 bits per heavy atom. The zero-order chi connectivity index (χ0) is 19.9. The Morgan fingerprint density at radius 3 is 2.33 bits per heavy atom. The lowest BCUT2D eigenvalue weighted by Crippen LogP contribution is -2.29. The van der Waals surface area contributed by atoms with Crippen LogP contribution in [0.25, 0.3) is 0 Å². The van der Waals surface area contributed by atoms with E-state index in [1.54, 1.807) is 0 Å². The molecule has 0 fully saturated rings. The van der Waals surface area contributed by atoms with Crippen molar-refractivity contribution in [2.75, 3.05) is 19.0 Å². The first-order valence-electron chi connectivity index (χ1n) is 7.62. The molecule has 0 saturated heterocycles. The van der Waals surface area contributed by atoms with Crippen molar-refractivity contribution < 1.29 is 41.5 Å². The average Bonchev–Trinajstić information content (AvgIpc) is 2.56. The minimum Gasteiger partial charge on any atom is -0.463 e. The van der Waals surface area contributed by atoms with Gasteiger partial charge in [-0.2, -0.15) is 8.42 Å². The van der Waals surface area contributed by atoms with Gasteiger partial charge >= 0.3 is 5.97 Å². The quantitative estimate of drug-likeness (QED) is 0.460. The van der Waals surface area contributed by atoms with E-state index in [2.05, 4.69) is 5.32 Å². The third kappa shape index (κ3) is 7.81. The molecule has 0 heterocycles. The van der Waals surface area contributed by atoms with Crippen molar-refractivity contribution in [2.24, 2.45) is 5.92 Å². The van der Waals surface area contributed by atoms with Crippen LogP contribution in [0.1, 0.15) is 20.3 Å². The van der Waals surface area contributed by atoms with Gasteiger partial charge < -0.3 is 14.8 Å². The second-order valence-electron chi connectivity index (χ2n) is 5.54. The van der Waals surface area contributed by atoms with Gasteiger partial charge in [-0.3, -0.25) is 18.8 Å². The van der Waals surface area contributed by atoms with E-state index >= 15 is 0 Å². The number of halogens is 1. The zero-order valence-electron chi connectivity index (χ0n) is 15.0. The van der Waals surface area contributed by atoms with E-state index in [0.29, 0.717) is 0 Å². The number of hydrogen-bond acceptors (Lipinski definition) is 7. The molecular weight excluding hydrogens is 385 g/mol. The summed E-state index contributed by atoms with van der Waals surface area (Å²) in [5.74, 6) is -2.62. The van der Waals surface area contributed by atoms with Gasteiger partial charge in [0.15, 0.2) is 6.10 Å². The lowest BCUT2D eigenvalue weighted by Gasteiger charge is -2.16. The number of rotatable bonds is 9. The van der Waals surface area contributed by atoms with Crippen LogP contribution in [0.2, 0.25) is 0 Å². The molecule has 1 aromatic carbocycles. The lowest BCUT2D eigenvalue weighted by atomic mass is 10.0. The summed E-state index contributed by atoms with van der Waals surface area (Å²) in [4.78, 5) is 34.9. The standard InChI is InChI=1S/C16H21NO8S.FH/c1-10(18)12(9-25-16(20)11(2)24-3)8-15(19)17-13-6-4-5-7-14(13)26(21,22)23;/h4-7,11-12H,8-9H2,1-3H3,(H,17,19)(H,21,22,23);1H. The van der Waals surface area contributed by atoms with Crippen molar-refractivity contribution in [1.82, 2.24) is 0 Å². The molecule has 0 aliphatic rings. The third-order valence-corrected chi connectivity index (χ3v) is 4.47. The first-order chi connectivity index (χ1) is 12.1. The molecule has 2 atom stereocenters. The van der Waals surface area contributed by atoms with Gasteiger partial charge in [0.25, 0.3) is 10.1 Å². The largest absolute Gasteiger partial charge is 0.463 e. The summed E-state index contributed by atoms with van der Waals surface area (Å²) in [6.07, 6.45) is -1.14. The molecule has 0 bridgehead atoms. The van der Waals surface area contributed by atoms with E-state index in [0.717, 1.165) is 6.07 Å². The van der Waals surface area contributed by atoms with Crippen molar-refractivity contribution in [3.63, 3.8) is 0 Å². The first kappa shape index (κ1) is 24.6. The maximum atomic E-state index is 12.1. The summed E-state index contributed by atoms with van der Waals surface area (Å²) >= 11 is 0. The molecular formula is C16H22FNO8S. The number of carbonyl (C=O) groups excluding carboxylic acids is 3. The van der Waals surface area contributed by atoms with Gasteiger partial charge in [0, 0.05) is 13.5 Å². The number of methoxy groups -OCH3 is 1. The molecule has 1 amide bonds. The number of ketones is 1. The summed E-state index contributed by atoms with van der Waals surface area (Å²) in [6.45, 7) is 2.41. The van der Waals surface area contributed by atoms with Crippen LogP contribution in [0.5, 0.6) is 0 Å². The highest BCUT2D eigenvalue weighted by Gasteiger charge is 2.24. The van der Waals surface area contributed by atoms with E-state index < -0.39 is 38.9 Å². The summed E-state index contributed by atoms with van der Waals surface area (Å²) < 4.78 is 41.5. The Bertz CT molecular complexity index is 780. The second-order valence-corrected chi connectivity index (χ2v) is 6.93. The number of carbonyl (C=O) groups is 3. The molecule has 27 heavy (non-hydrogen) atoms. The minimum absolute atomic E-state index is 0. The summed E-state index contributed by atoms with van der Waals surface area (Å²) in [6, 6.07) is 5.28. The highest BCUT2D eigenvalue weighted by Crippen LogP contribution is 2.21. The van der Waals surface area contributed by atoms with Gasteiger partial charge in [-0.1, -0.05) is 12.1 Å². The van der Waals surface area contributed by atoms with E-state index in [9.17, 15) is 27.4 Å². The number of Topliss-reactive ketones (excluding diaryl/α,β-unsaturated/α-hetero) is 1. The van der Waals surface area contributed by atoms with Crippen molar-refractivity contribution in [3.05, 3.63) is 24.3 Å². The fraction of sp³-hybridized carbons (Fsp3) is 0.438. The molecule has 0 spiro atoms. The molecule has 2 N–H and O–H groups in total. The highest BCUT2D eigenvalue weighted by molar-refractivity contribution is 7.86. The molecule has 152 valence electrons. The fourth-order valence-electron chi connectivity index (χ4n) is 1.94. The molecule has 0 aromatic heterocycles. The number of amides is 1. The normalized spacial score (nSPS) is 13.0. The van der Waals surface area contributed by atoms with Crippen molar-refractivity contribution >= 4 is 33.5 Å². The molecule has 0 aliphatic heterocycles. The number of ether oxygens (including phenoxy) is 2. The monoisotopic (exact) mass is 407 g/mol. The zero-order valence-corrected chi connectivity index (χ0v) is 15.8. The maximum absolute atomic E-state index is 12.1. The van der Waals surface area contributed by atoms with Gasteiger partial charge in [-0.15, -0.1) is 0 Å². The van der Waals surface area contributed by atoms with E-state index in [-0.39, 0.29) is 29.2 Å². The maximum Gasteiger partial charge on any atom is 0.334 e. The topological polar surface area (TPSA) is 136 Å². The molecule has 9 nitrogen and oxygen atoms in total. The van der Waals surface area contributed by atoms with Gasteiger partial charge in [0.2, 0.25) is 5.91 Å².